The van der Waals surface area contributed by atoms with E-state index in [1.54, 1.807) is 24.3 Å². The molecular formula is C15H23N3O2S. The Bertz CT molecular complexity index is 558. The Labute approximate surface area is 127 Å². The van der Waals surface area contributed by atoms with E-state index in [-0.39, 0.29) is 11.3 Å². The molecule has 1 aromatic carbocycles. The lowest BCUT2D eigenvalue weighted by Gasteiger charge is -2.17. The minimum Gasteiger partial charge on any atom is -0.304 e. The van der Waals surface area contributed by atoms with Crippen LogP contribution in [0.25, 0.3) is 0 Å². The van der Waals surface area contributed by atoms with E-state index in [0.717, 1.165) is 31.6 Å². The standard InChI is InChI=1S/C15H23N3O2S/c1-3-18(4-2)13-5-12-17-21(19,20)15-8-6-14(7-9-15)10-11-16/h6-9,17H,3-5,10,12-13H2,1-2H3. The molecule has 0 atom stereocenters. The molecule has 0 aliphatic rings. The molecule has 0 unspecified atom stereocenters. The normalized spacial score (nSPS) is 11.5. The highest BCUT2D eigenvalue weighted by molar-refractivity contribution is 7.89. The van der Waals surface area contributed by atoms with Crippen molar-refractivity contribution in [1.29, 1.82) is 5.26 Å². The van der Waals surface area contributed by atoms with E-state index in [2.05, 4.69) is 23.5 Å². The van der Waals surface area contributed by atoms with Gasteiger partial charge in [0.2, 0.25) is 10.0 Å². The van der Waals surface area contributed by atoms with E-state index in [9.17, 15) is 8.42 Å². The lowest BCUT2D eigenvalue weighted by atomic mass is 10.2. The van der Waals surface area contributed by atoms with Crippen molar-refractivity contribution >= 4 is 10.0 Å². The highest BCUT2D eigenvalue weighted by Gasteiger charge is 2.13. The number of benzene rings is 1. The largest absolute Gasteiger partial charge is 0.304 e. The first-order valence-electron chi connectivity index (χ1n) is 7.21. The average Bonchev–Trinajstić information content (AvgIpc) is 2.48. The van der Waals surface area contributed by atoms with Gasteiger partial charge in [0.15, 0.2) is 0 Å². The van der Waals surface area contributed by atoms with Crippen molar-refractivity contribution in [3.63, 3.8) is 0 Å². The first-order valence-corrected chi connectivity index (χ1v) is 8.69. The zero-order chi connectivity index (χ0) is 15.7. The Morgan fingerprint density at radius 1 is 1.19 bits per heavy atom. The van der Waals surface area contributed by atoms with Crippen molar-refractivity contribution in [2.24, 2.45) is 0 Å². The van der Waals surface area contributed by atoms with E-state index >= 15 is 0 Å². The van der Waals surface area contributed by atoms with Crippen LogP contribution in [0.3, 0.4) is 0 Å². The van der Waals surface area contributed by atoms with Crippen LogP contribution in [-0.4, -0.2) is 39.5 Å². The molecule has 0 heterocycles. The minimum atomic E-state index is -3.45. The summed E-state index contributed by atoms with van der Waals surface area (Å²) >= 11 is 0. The first kappa shape index (κ1) is 17.6. The number of nitrogens with one attached hydrogen (secondary N) is 1. The number of sulfonamides is 1. The van der Waals surface area contributed by atoms with Gasteiger partial charge in [-0.25, -0.2) is 13.1 Å². The van der Waals surface area contributed by atoms with Gasteiger partial charge in [-0.15, -0.1) is 0 Å². The Morgan fingerprint density at radius 2 is 1.81 bits per heavy atom. The van der Waals surface area contributed by atoms with E-state index in [4.69, 9.17) is 5.26 Å². The summed E-state index contributed by atoms with van der Waals surface area (Å²) < 4.78 is 26.8. The maximum Gasteiger partial charge on any atom is 0.240 e. The van der Waals surface area contributed by atoms with E-state index < -0.39 is 10.0 Å². The third kappa shape index (κ3) is 5.84. The molecule has 116 valence electrons. The summed E-state index contributed by atoms with van der Waals surface area (Å²) in [7, 11) is -3.45. The molecule has 0 amide bonds. The van der Waals surface area contributed by atoms with Crippen molar-refractivity contribution in [3.05, 3.63) is 29.8 Å². The molecule has 0 aromatic heterocycles. The molecule has 0 saturated carbocycles. The van der Waals surface area contributed by atoms with E-state index in [1.807, 2.05) is 6.07 Å². The van der Waals surface area contributed by atoms with Crippen LogP contribution in [0.4, 0.5) is 0 Å². The van der Waals surface area contributed by atoms with Gasteiger partial charge in [-0.2, -0.15) is 5.26 Å². The van der Waals surface area contributed by atoms with Gasteiger partial charge < -0.3 is 4.90 Å². The Morgan fingerprint density at radius 3 is 2.33 bits per heavy atom. The van der Waals surface area contributed by atoms with Gasteiger partial charge in [-0.1, -0.05) is 26.0 Å². The van der Waals surface area contributed by atoms with Crippen LogP contribution >= 0.6 is 0 Å². The molecular weight excluding hydrogens is 286 g/mol. The average molecular weight is 309 g/mol. The monoisotopic (exact) mass is 309 g/mol. The lowest BCUT2D eigenvalue weighted by molar-refractivity contribution is 0.300. The second-order valence-corrected chi connectivity index (χ2v) is 6.52. The van der Waals surface area contributed by atoms with Crippen molar-refractivity contribution in [2.45, 2.75) is 31.6 Å². The number of nitriles is 1. The fourth-order valence-corrected chi connectivity index (χ4v) is 3.08. The lowest BCUT2D eigenvalue weighted by Crippen LogP contribution is -2.30. The SMILES string of the molecule is CCN(CC)CCCNS(=O)(=O)c1ccc(CC#N)cc1. The quantitative estimate of drug-likeness (QED) is 0.706. The van der Waals surface area contributed by atoms with Crippen molar-refractivity contribution in [1.82, 2.24) is 9.62 Å². The fraction of sp³-hybridized carbons (Fsp3) is 0.533. The van der Waals surface area contributed by atoms with Gasteiger partial charge >= 0.3 is 0 Å². The van der Waals surface area contributed by atoms with Crippen LogP contribution in [0.5, 0.6) is 0 Å². The molecule has 1 aromatic rings. The summed E-state index contributed by atoms with van der Waals surface area (Å²) in [4.78, 5) is 2.50. The Hall–Kier alpha value is -1.42. The van der Waals surface area contributed by atoms with Gasteiger partial charge in [0.25, 0.3) is 0 Å². The molecule has 1 rings (SSSR count). The topological polar surface area (TPSA) is 73.2 Å². The molecule has 0 fully saturated rings. The van der Waals surface area contributed by atoms with Gasteiger partial charge in [-0.3, -0.25) is 0 Å². The zero-order valence-corrected chi connectivity index (χ0v) is 13.5. The van der Waals surface area contributed by atoms with Crippen LogP contribution in [0.1, 0.15) is 25.8 Å². The van der Waals surface area contributed by atoms with Gasteiger partial charge in [-0.05, 0) is 43.8 Å². The Kier molecular flexibility index (Phi) is 7.37. The summed E-state index contributed by atoms with van der Waals surface area (Å²) in [5, 5.41) is 8.59. The van der Waals surface area contributed by atoms with Gasteiger partial charge in [0.05, 0.1) is 17.4 Å². The predicted molar refractivity (Wildman–Crippen MR) is 83.4 cm³/mol. The van der Waals surface area contributed by atoms with E-state index in [0.29, 0.717) is 6.54 Å². The highest BCUT2D eigenvalue weighted by Crippen LogP contribution is 2.10. The predicted octanol–water partition coefficient (Wildman–Crippen LogP) is 1.76. The fourth-order valence-electron chi connectivity index (χ4n) is 2.01. The third-order valence-corrected chi connectivity index (χ3v) is 4.83. The summed E-state index contributed by atoms with van der Waals surface area (Å²) in [5.41, 5.74) is 0.818. The summed E-state index contributed by atoms with van der Waals surface area (Å²) in [6.45, 7) is 7.45. The molecule has 5 nitrogen and oxygen atoms in total. The van der Waals surface area contributed by atoms with Crippen LogP contribution < -0.4 is 4.72 Å². The number of hydrogen-bond donors (Lipinski definition) is 1. The summed E-state index contributed by atoms with van der Waals surface area (Å²) in [6.07, 6.45) is 1.07. The summed E-state index contributed by atoms with van der Waals surface area (Å²) in [5.74, 6) is 0. The maximum atomic E-state index is 12.1. The van der Waals surface area contributed by atoms with Crippen LogP contribution in [0.15, 0.2) is 29.2 Å². The second kappa shape index (κ2) is 8.78. The van der Waals surface area contributed by atoms with Crippen LogP contribution in [-0.2, 0) is 16.4 Å². The number of hydrogen-bond acceptors (Lipinski definition) is 4. The molecule has 0 bridgehead atoms. The highest BCUT2D eigenvalue weighted by atomic mass is 32.2. The second-order valence-electron chi connectivity index (χ2n) is 4.76. The van der Waals surface area contributed by atoms with Crippen LogP contribution in [0, 0.1) is 11.3 Å². The molecule has 21 heavy (non-hydrogen) atoms. The zero-order valence-electron chi connectivity index (χ0n) is 12.7. The molecule has 0 radical (unpaired) electrons. The molecule has 0 aliphatic heterocycles. The first-order chi connectivity index (χ1) is 10.0. The molecule has 0 aliphatic carbocycles. The van der Waals surface area contributed by atoms with Crippen molar-refractivity contribution in [2.75, 3.05) is 26.2 Å². The molecule has 0 saturated heterocycles. The molecule has 0 spiro atoms. The van der Waals surface area contributed by atoms with Crippen molar-refractivity contribution < 1.29 is 8.42 Å². The molecule has 1 N–H and O–H groups in total. The van der Waals surface area contributed by atoms with Gasteiger partial charge in [0.1, 0.15) is 0 Å². The van der Waals surface area contributed by atoms with Crippen LogP contribution in [0.2, 0.25) is 0 Å². The minimum absolute atomic E-state index is 0.243. The number of rotatable bonds is 9. The third-order valence-electron chi connectivity index (χ3n) is 3.35. The Balaban J connectivity index is 2.51. The summed E-state index contributed by atoms with van der Waals surface area (Å²) in [6, 6.07) is 8.47. The maximum absolute atomic E-state index is 12.1. The van der Waals surface area contributed by atoms with E-state index in [1.165, 1.54) is 0 Å². The molecule has 6 heteroatoms. The smallest absolute Gasteiger partial charge is 0.240 e. The number of nitrogens with zero attached hydrogens (tertiary/aromatic N) is 2. The van der Waals surface area contributed by atoms with Gasteiger partial charge in [0, 0.05) is 6.54 Å². The van der Waals surface area contributed by atoms with Crippen molar-refractivity contribution in [3.8, 4) is 6.07 Å².